The Morgan fingerprint density at radius 2 is 1.82 bits per heavy atom. The average Bonchev–Trinajstić information content (AvgIpc) is 3.36. The Hall–Kier alpha value is -4.48. The lowest BCUT2D eigenvalue weighted by molar-refractivity contribution is -0.141. The number of carbonyl (C=O) groups is 1. The summed E-state index contributed by atoms with van der Waals surface area (Å²) < 4.78 is 48.1. The number of amides is 1. The molecule has 1 aliphatic rings. The molecular formula is C27H25F3N6O3. The molecule has 0 saturated carbocycles. The van der Waals surface area contributed by atoms with Crippen LogP contribution in [0.3, 0.4) is 0 Å². The van der Waals surface area contributed by atoms with Gasteiger partial charge in [0.25, 0.3) is 5.56 Å². The molecule has 0 bridgehead atoms. The number of fused-ring (bicyclic) bond motifs is 1. The van der Waals surface area contributed by atoms with Crippen LogP contribution in [0.2, 0.25) is 0 Å². The number of hydrogen-bond acceptors (Lipinski definition) is 6. The third-order valence-corrected chi connectivity index (χ3v) is 6.44. The highest BCUT2D eigenvalue weighted by Gasteiger charge is 2.34. The fraction of sp³-hybridized carbons (Fsp3) is 0.296. The average molecular weight is 539 g/mol. The fourth-order valence-corrected chi connectivity index (χ4v) is 4.44. The zero-order valence-corrected chi connectivity index (χ0v) is 21.2. The SMILES string of the molecule is Cc1ccc(-c2ccc(=O)n(CCCOc3ccc(C4=NNC(=O)CC4C)cc3)n2)c2cc(C(F)(F)F)nn12. The summed E-state index contributed by atoms with van der Waals surface area (Å²) in [4.78, 5) is 23.9. The topological polar surface area (TPSA) is 103 Å². The van der Waals surface area contributed by atoms with Crippen molar-refractivity contribution in [1.82, 2.24) is 24.8 Å². The molecule has 9 nitrogen and oxygen atoms in total. The van der Waals surface area contributed by atoms with Gasteiger partial charge in [-0.1, -0.05) is 6.92 Å². The molecule has 1 N–H and O–H groups in total. The van der Waals surface area contributed by atoms with E-state index in [1.807, 2.05) is 31.2 Å². The van der Waals surface area contributed by atoms with Gasteiger partial charge in [0.05, 0.1) is 23.5 Å². The molecule has 12 heteroatoms. The van der Waals surface area contributed by atoms with Gasteiger partial charge in [-0.15, -0.1) is 0 Å². The van der Waals surface area contributed by atoms with Gasteiger partial charge < -0.3 is 4.74 Å². The van der Waals surface area contributed by atoms with E-state index >= 15 is 0 Å². The van der Waals surface area contributed by atoms with Crippen molar-refractivity contribution in [3.05, 3.63) is 81.9 Å². The smallest absolute Gasteiger partial charge is 0.435 e. The van der Waals surface area contributed by atoms with Crippen LogP contribution in [0.5, 0.6) is 5.75 Å². The van der Waals surface area contributed by atoms with Crippen molar-refractivity contribution in [1.29, 1.82) is 0 Å². The predicted molar refractivity (Wildman–Crippen MR) is 137 cm³/mol. The van der Waals surface area contributed by atoms with Crippen molar-refractivity contribution in [3.63, 3.8) is 0 Å². The molecule has 3 aromatic heterocycles. The lowest BCUT2D eigenvalue weighted by Gasteiger charge is -2.19. The molecular weight excluding hydrogens is 513 g/mol. The molecule has 202 valence electrons. The van der Waals surface area contributed by atoms with Crippen molar-refractivity contribution in [2.45, 2.75) is 39.4 Å². The molecule has 4 heterocycles. The number of pyridine rings is 1. The Kier molecular flexibility index (Phi) is 6.94. The maximum absolute atomic E-state index is 13.3. The number of nitrogens with one attached hydrogen (secondary N) is 1. The molecule has 39 heavy (non-hydrogen) atoms. The minimum absolute atomic E-state index is 0.0174. The zero-order valence-electron chi connectivity index (χ0n) is 21.2. The van der Waals surface area contributed by atoms with Crippen molar-refractivity contribution in [2.75, 3.05) is 6.61 Å². The van der Waals surface area contributed by atoms with Crippen molar-refractivity contribution >= 4 is 17.1 Å². The summed E-state index contributed by atoms with van der Waals surface area (Å²) in [6.07, 6.45) is -3.72. The van der Waals surface area contributed by atoms with Crippen LogP contribution in [0, 0.1) is 12.8 Å². The van der Waals surface area contributed by atoms with Crippen molar-refractivity contribution < 1.29 is 22.7 Å². The predicted octanol–water partition coefficient (Wildman–Crippen LogP) is 4.21. The van der Waals surface area contributed by atoms with Gasteiger partial charge in [0.2, 0.25) is 5.91 Å². The lowest BCUT2D eigenvalue weighted by atomic mass is 9.94. The number of ether oxygens (including phenoxy) is 1. The van der Waals surface area contributed by atoms with E-state index in [4.69, 9.17) is 4.74 Å². The maximum Gasteiger partial charge on any atom is 0.435 e. The minimum Gasteiger partial charge on any atom is -0.494 e. The monoisotopic (exact) mass is 538 g/mol. The van der Waals surface area contributed by atoms with Crippen molar-refractivity contribution in [2.24, 2.45) is 11.0 Å². The highest BCUT2D eigenvalue weighted by molar-refractivity contribution is 6.05. The number of hydrogen-bond donors (Lipinski definition) is 1. The summed E-state index contributed by atoms with van der Waals surface area (Å²) in [5.74, 6) is 0.558. The van der Waals surface area contributed by atoms with E-state index in [-0.39, 0.29) is 29.4 Å². The molecule has 1 unspecified atom stereocenters. The second-order valence-electron chi connectivity index (χ2n) is 9.36. The van der Waals surface area contributed by atoms with Crippen molar-refractivity contribution in [3.8, 4) is 17.0 Å². The molecule has 1 aliphatic heterocycles. The number of benzene rings is 1. The van der Waals surface area contributed by atoms with E-state index in [1.165, 1.54) is 21.3 Å². The third-order valence-electron chi connectivity index (χ3n) is 6.44. The largest absolute Gasteiger partial charge is 0.494 e. The quantitative estimate of drug-likeness (QED) is 0.355. The van der Waals surface area contributed by atoms with Gasteiger partial charge in [-0.25, -0.2) is 14.6 Å². The summed E-state index contributed by atoms with van der Waals surface area (Å²) in [5.41, 5.74) is 4.47. The van der Waals surface area contributed by atoms with E-state index in [9.17, 15) is 22.8 Å². The summed E-state index contributed by atoms with van der Waals surface area (Å²) >= 11 is 0. The van der Waals surface area contributed by atoms with Crippen LogP contribution in [0.15, 0.2) is 64.5 Å². The summed E-state index contributed by atoms with van der Waals surface area (Å²) in [6.45, 7) is 4.19. The Morgan fingerprint density at radius 3 is 2.54 bits per heavy atom. The highest BCUT2D eigenvalue weighted by Crippen LogP contribution is 2.32. The Bertz CT molecular complexity index is 1620. The van der Waals surface area contributed by atoms with Gasteiger partial charge in [-0.3, -0.25) is 9.59 Å². The van der Waals surface area contributed by atoms with E-state index in [2.05, 4.69) is 20.7 Å². The zero-order chi connectivity index (χ0) is 27.7. The van der Waals surface area contributed by atoms with Gasteiger partial charge in [0.15, 0.2) is 5.69 Å². The molecule has 0 aliphatic carbocycles. The van der Waals surface area contributed by atoms with Crippen LogP contribution >= 0.6 is 0 Å². The van der Waals surface area contributed by atoms with Gasteiger partial charge >= 0.3 is 6.18 Å². The summed E-state index contributed by atoms with van der Waals surface area (Å²) in [7, 11) is 0. The first kappa shape index (κ1) is 26.1. The van der Waals surface area contributed by atoms with E-state index in [1.54, 1.807) is 19.1 Å². The number of rotatable bonds is 7. The van der Waals surface area contributed by atoms with E-state index in [0.29, 0.717) is 42.1 Å². The first-order valence-electron chi connectivity index (χ1n) is 12.3. The Balaban J connectivity index is 1.26. The first-order valence-corrected chi connectivity index (χ1v) is 12.3. The van der Waals surface area contributed by atoms with Gasteiger partial charge in [-0.05, 0) is 61.0 Å². The standard InChI is InChI=1S/C27H25F3N6O3/c1-16-14-24(37)31-32-26(16)18-5-7-19(8-6-18)39-13-3-12-35-25(38)11-10-21(33-35)20-9-4-17(2)36-22(20)15-23(34-36)27(28,29)30/h4-11,15-16H,3,12-14H2,1-2H3,(H,31,37). The van der Waals surface area contributed by atoms with Gasteiger partial charge in [0, 0.05) is 42.6 Å². The molecule has 1 atom stereocenters. The van der Waals surface area contributed by atoms with Crippen LogP contribution in [0.4, 0.5) is 13.2 Å². The molecule has 1 aromatic carbocycles. The first-order chi connectivity index (χ1) is 18.6. The molecule has 1 amide bonds. The number of aryl methyl sites for hydroxylation is 2. The van der Waals surface area contributed by atoms with Crippen LogP contribution in [0.25, 0.3) is 16.8 Å². The van der Waals surface area contributed by atoms with Crippen LogP contribution < -0.4 is 15.7 Å². The third kappa shape index (κ3) is 5.54. The van der Waals surface area contributed by atoms with E-state index < -0.39 is 11.9 Å². The Morgan fingerprint density at radius 1 is 1.05 bits per heavy atom. The van der Waals surface area contributed by atoms with Crippen LogP contribution in [-0.4, -0.2) is 37.6 Å². The molecule has 0 radical (unpaired) electrons. The number of halogens is 3. The lowest BCUT2D eigenvalue weighted by Crippen LogP contribution is -2.31. The van der Waals surface area contributed by atoms with Crippen LogP contribution in [0.1, 0.15) is 36.7 Å². The molecule has 4 aromatic rings. The number of alkyl halides is 3. The fourth-order valence-electron chi connectivity index (χ4n) is 4.44. The molecule has 0 spiro atoms. The summed E-state index contributed by atoms with van der Waals surface area (Å²) in [5, 5.41) is 12.2. The maximum atomic E-state index is 13.3. The van der Waals surface area contributed by atoms with Crippen LogP contribution in [-0.2, 0) is 17.5 Å². The number of aromatic nitrogens is 4. The number of hydrazone groups is 1. The molecule has 0 fully saturated rings. The second-order valence-corrected chi connectivity index (χ2v) is 9.36. The molecule has 0 saturated heterocycles. The second kappa shape index (κ2) is 10.4. The molecule has 5 rings (SSSR count). The highest BCUT2D eigenvalue weighted by atomic mass is 19.4. The minimum atomic E-state index is -4.58. The van der Waals surface area contributed by atoms with Gasteiger partial charge in [-0.2, -0.15) is 28.5 Å². The normalized spacial score (nSPS) is 15.8. The number of nitrogens with zero attached hydrogens (tertiary/aromatic N) is 5. The van der Waals surface area contributed by atoms with E-state index in [0.717, 1.165) is 17.3 Å². The summed E-state index contributed by atoms with van der Waals surface area (Å²) in [6, 6.07) is 14.5. The Labute approximate surface area is 220 Å². The van der Waals surface area contributed by atoms with Gasteiger partial charge in [0.1, 0.15) is 5.75 Å². The number of carbonyl (C=O) groups excluding carboxylic acids is 1.